The van der Waals surface area contributed by atoms with Crippen molar-refractivity contribution in [1.29, 1.82) is 0 Å². The normalized spacial score (nSPS) is 10.0. The highest BCUT2D eigenvalue weighted by Crippen LogP contribution is 2.30. The Morgan fingerprint density at radius 1 is 1.16 bits per heavy atom. The Hall–Kier alpha value is -2.30. The number of hydrogen-bond acceptors (Lipinski definition) is 5. The summed E-state index contributed by atoms with van der Waals surface area (Å²) in [6, 6.07) is 7.52. The minimum atomic E-state index is 0.430. The standard InChI is InChI=1S/C14H17N3O2/c1-3-8-18-11-6-4-5-7-12(11)19-14-10-16-9-13(15-2)17-14/h4-7,9-10H,3,8H2,1-2H3,(H,15,17). The SMILES string of the molecule is CCCOc1ccccc1Oc1cncc(NC)n1. The lowest BCUT2D eigenvalue weighted by Crippen LogP contribution is -1.99. The van der Waals surface area contributed by atoms with Gasteiger partial charge in [-0.2, -0.15) is 4.98 Å². The van der Waals surface area contributed by atoms with E-state index in [1.807, 2.05) is 24.3 Å². The summed E-state index contributed by atoms with van der Waals surface area (Å²) in [5.74, 6) is 2.43. The summed E-state index contributed by atoms with van der Waals surface area (Å²) >= 11 is 0. The number of hydrogen-bond donors (Lipinski definition) is 1. The molecule has 1 aromatic heterocycles. The Morgan fingerprint density at radius 3 is 2.68 bits per heavy atom. The summed E-state index contributed by atoms with van der Waals surface area (Å²) < 4.78 is 11.3. The van der Waals surface area contributed by atoms with Crippen LogP contribution in [0.4, 0.5) is 5.82 Å². The van der Waals surface area contributed by atoms with Gasteiger partial charge in [0.2, 0.25) is 5.88 Å². The third-order valence-electron chi connectivity index (χ3n) is 2.39. The lowest BCUT2D eigenvalue weighted by atomic mass is 10.3. The van der Waals surface area contributed by atoms with Gasteiger partial charge >= 0.3 is 0 Å². The van der Waals surface area contributed by atoms with Gasteiger partial charge in [-0.25, -0.2) is 0 Å². The molecule has 0 radical (unpaired) electrons. The average molecular weight is 259 g/mol. The molecule has 0 saturated heterocycles. The van der Waals surface area contributed by atoms with Crippen molar-refractivity contribution in [2.24, 2.45) is 0 Å². The van der Waals surface area contributed by atoms with Crippen LogP contribution in [0.5, 0.6) is 17.4 Å². The zero-order valence-electron chi connectivity index (χ0n) is 11.1. The van der Waals surface area contributed by atoms with Gasteiger partial charge in [-0.15, -0.1) is 0 Å². The van der Waals surface area contributed by atoms with Gasteiger partial charge < -0.3 is 14.8 Å². The summed E-state index contributed by atoms with van der Waals surface area (Å²) in [7, 11) is 1.78. The molecular weight excluding hydrogens is 242 g/mol. The number of rotatable bonds is 6. The van der Waals surface area contributed by atoms with Crippen molar-refractivity contribution in [3.05, 3.63) is 36.7 Å². The van der Waals surface area contributed by atoms with Crippen LogP contribution in [-0.2, 0) is 0 Å². The van der Waals surface area contributed by atoms with Crippen molar-refractivity contribution in [2.75, 3.05) is 19.0 Å². The molecule has 2 aromatic rings. The summed E-state index contributed by atoms with van der Waals surface area (Å²) in [5, 5.41) is 2.92. The summed E-state index contributed by atoms with van der Waals surface area (Å²) in [5.41, 5.74) is 0. The number of nitrogens with one attached hydrogen (secondary N) is 1. The van der Waals surface area contributed by atoms with Gasteiger partial charge in [-0.05, 0) is 18.6 Å². The van der Waals surface area contributed by atoms with Crippen LogP contribution in [0.1, 0.15) is 13.3 Å². The smallest absolute Gasteiger partial charge is 0.240 e. The van der Waals surface area contributed by atoms with E-state index in [0.29, 0.717) is 29.8 Å². The molecule has 0 aliphatic carbocycles. The topological polar surface area (TPSA) is 56.3 Å². The third-order valence-corrected chi connectivity index (χ3v) is 2.39. The molecule has 0 saturated carbocycles. The number of aromatic nitrogens is 2. The van der Waals surface area contributed by atoms with Crippen LogP contribution in [0, 0.1) is 0 Å². The van der Waals surface area contributed by atoms with E-state index in [0.717, 1.165) is 6.42 Å². The van der Waals surface area contributed by atoms with Crippen LogP contribution in [0.2, 0.25) is 0 Å². The van der Waals surface area contributed by atoms with Gasteiger partial charge in [0.05, 0.1) is 19.0 Å². The number of para-hydroxylation sites is 2. The fourth-order valence-corrected chi connectivity index (χ4v) is 1.50. The third kappa shape index (κ3) is 3.58. The van der Waals surface area contributed by atoms with Crippen LogP contribution in [0.25, 0.3) is 0 Å². The van der Waals surface area contributed by atoms with E-state index >= 15 is 0 Å². The van der Waals surface area contributed by atoms with Crippen LogP contribution in [-0.4, -0.2) is 23.6 Å². The zero-order valence-corrected chi connectivity index (χ0v) is 11.1. The highest BCUT2D eigenvalue weighted by atomic mass is 16.5. The molecule has 1 heterocycles. The number of benzene rings is 1. The van der Waals surface area contributed by atoms with Crippen molar-refractivity contribution in [1.82, 2.24) is 9.97 Å². The van der Waals surface area contributed by atoms with Crippen LogP contribution < -0.4 is 14.8 Å². The largest absolute Gasteiger partial charge is 0.490 e. The first-order valence-corrected chi connectivity index (χ1v) is 6.23. The first-order valence-electron chi connectivity index (χ1n) is 6.23. The Labute approximate surface area is 112 Å². The molecule has 19 heavy (non-hydrogen) atoms. The number of anilines is 1. The Morgan fingerprint density at radius 2 is 1.95 bits per heavy atom. The quantitative estimate of drug-likeness (QED) is 0.863. The fraction of sp³-hybridized carbons (Fsp3) is 0.286. The van der Waals surface area contributed by atoms with Crippen molar-refractivity contribution in [2.45, 2.75) is 13.3 Å². The van der Waals surface area contributed by atoms with Crippen LogP contribution in [0.15, 0.2) is 36.7 Å². The molecular formula is C14H17N3O2. The van der Waals surface area contributed by atoms with Gasteiger partial charge in [0.1, 0.15) is 5.82 Å². The van der Waals surface area contributed by atoms with E-state index in [1.54, 1.807) is 19.4 Å². The van der Waals surface area contributed by atoms with Crippen molar-refractivity contribution in [3.8, 4) is 17.4 Å². The predicted molar refractivity (Wildman–Crippen MR) is 73.9 cm³/mol. The second-order valence-corrected chi connectivity index (χ2v) is 3.89. The number of ether oxygens (including phenoxy) is 2. The number of nitrogens with zero attached hydrogens (tertiary/aromatic N) is 2. The molecule has 0 spiro atoms. The van der Waals surface area contributed by atoms with E-state index < -0.39 is 0 Å². The van der Waals surface area contributed by atoms with Crippen molar-refractivity contribution in [3.63, 3.8) is 0 Å². The van der Waals surface area contributed by atoms with Gasteiger partial charge in [0.25, 0.3) is 0 Å². The Bertz CT molecular complexity index is 532. The molecule has 0 amide bonds. The zero-order chi connectivity index (χ0) is 13.5. The molecule has 1 N–H and O–H groups in total. The second kappa shape index (κ2) is 6.58. The van der Waals surface area contributed by atoms with Crippen molar-refractivity contribution < 1.29 is 9.47 Å². The molecule has 0 fully saturated rings. The van der Waals surface area contributed by atoms with E-state index in [2.05, 4.69) is 22.2 Å². The Kier molecular flexibility index (Phi) is 4.55. The Balaban J connectivity index is 2.17. The van der Waals surface area contributed by atoms with Gasteiger partial charge in [-0.3, -0.25) is 4.98 Å². The lowest BCUT2D eigenvalue weighted by Gasteiger charge is -2.11. The van der Waals surface area contributed by atoms with E-state index in [9.17, 15) is 0 Å². The van der Waals surface area contributed by atoms with Gasteiger partial charge in [0.15, 0.2) is 11.5 Å². The monoisotopic (exact) mass is 259 g/mol. The molecule has 0 aliphatic rings. The summed E-state index contributed by atoms with van der Waals surface area (Å²) in [6.45, 7) is 2.72. The molecule has 5 nitrogen and oxygen atoms in total. The molecule has 0 unspecified atom stereocenters. The molecule has 0 atom stereocenters. The highest BCUT2D eigenvalue weighted by molar-refractivity contribution is 5.42. The first-order chi connectivity index (χ1) is 9.33. The molecule has 2 rings (SSSR count). The van der Waals surface area contributed by atoms with Crippen LogP contribution in [0.3, 0.4) is 0 Å². The minimum Gasteiger partial charge on any atom is -0.490 e. The highest BCUT2D eigenvalue weighted by Gasteiger charge is 2.06. The summed E-state index contributed by atoms with van der Waals surface area (Å²) in [4.78, 5) is 8.31. The maximum Gasteiger partial charge on any atom is 0.240 e. The second-order valence-electron chi connectivity index (χ2n) is 3.89. The fourth-order valence-electron chi connectivity index (χ4n) is 1.50. The summed E-state index contributed by atoms with van der Waals surface area (Å²) in [6.07, 6.45) is 4.15. The molecule has 100 valence electrons. The van der Waals surface area contributed by atoms with Crippen molar-refractivity contribution >= 4 is 5.82 Å². The lowest BCUT2D eigenvalue weighted by molar-refractivity contribution is 0.300. The minimum absolute atomic E-state index is 0.430. The molecule has 5 heteroatoms. The van der Waals surface area contributed by atoms with E-state index in [4.69, 9.17) is 9.47 Å². The van der Waals surface area contributed by atoms with E-state index in [-0.39, 0.29) is 0 Å². The first kappa shape index (κ1) is 13.1. The average Bonchev–Trinajstić information content (AvgIpc) is 2.46. The molecule has 1 aromatic carbocycles. The predicted octanol–water partition coefficient (Wildman–Crippen LogP) is 3.10. The maximum absolute atomic E-state index is 5.71. The maximum atomic E-state index is 5.71. The van der Waals surface area contributed by atoms with E-state index in [1.165, 1.54) is 0 Å². The van der Waals surface area contributed by atoms with Gasteiger partial charge in [-0.1, -0.05) is 19.1 Å². The molecule has 0 aliphatic heterocycles. The van der Waals surface area contributed by atoms with Gasteiger partial charge in [0, 0.05) is 7.05 Å². The molecule has 0 bridgehead atoms. The van der Waals surface area contributed by atoms with Crippen LogP contribution >= 0.6 is 0 Å².